The topological polar surface area (TPSA) is 128 Å². The van der Waals surface area contributed by atoms with Crippen molar-refractivity contribution in [1.29, 1.82) is 0 Å². The Morgan fingerprint density at radius 1 is 1.05 bits per heavy atom. The van der Waals surface area contributed by atoms with Gasteiger partial charge >= 0.3 is 0 Å². The Balaban J connectivity index is 1.21. The standard InChI is InChI=1S/C28H23N5O5/c1-17-25-24(15-36-17)32(27-26(25)30-16-31-28(27)29)19-8-10-21(11-9-19)38-23-7-3-6-22(13-23)37-14-18-4-2-5-20(12-18)33(34)35/h2-13,16-17H,14-15H2,1H3,(H2,29,30,31). The number of ether oxygens (including phenoxy) is 3. The fourth-order valence-corrected chi connectivity index (χ4v) is 4.70. The number of nitro benzene ring substituents is 1. The maximum atomic E-state index is 11.0. The summed E-state index contributed by atoms with van der Waals surface area (Å²) in [6.07, 6.45) is 1.41. The highest BCUT2D eigenvalue weighted by atomic mass is 16.6. The van der Waals surface area contributed by atoms with Crippen LogP contribution in [0.15, 0.2) is 79.1 Å². The Morgan fingerprint density at radius 2 is 1.84 bits per heavy atom. The molecule has 5 aromatic rings. The first kappa shape index (κ1) is 23.4. The first-order chi connectivity index (χ1) is 18.5. The molecule has 0 bridgehead atoms. The molecule has 1 aliphatic rings. The van der Waals surface area contributed by atoms with E-state index >= 15 is 0 Å². The monoisotopic (exact) mass is 509 g/mol. The number of rotatable bonds is 7. The lowest BCUT2D eigenvalue weighted by Crippen LogP contribution is -2.03. The van der Waals surface area contributed by atoms with Crippen LogP contribution in [0.4, 0.5) is 11.5 Å². The van der Waals surface area contributed by atoms with Crippen molar-refractivity contribution in [3.8, 4) is 22.9 Å². The molecule has 3 heterocycles. The smallest absolute Gasteiger partial charge is 0.269 e. The molecule has 38 heavy (non-hydrogen) atoms. The van der Waals surface area contributed by atoms with Gasteiger partial charge < -0.3 is 24.5 Å². The van der Waals surface area contributed by atoms with Crippen molar-refractivity contribution >= 4 is 22.5 Å². The summed E-state index contributed by atoms with van der Waals surface area (Å²) >= 11 is 0. The van der Waals surface area contributed by atoms with Gasteiger partial charge in [0.05, 0.1) is 23.3 Å². The maximum absolute atomic E-state index is 11.0. The lowest BCUT2D eigenvalue weighted by Gasteiger charge is -2.12. The largest absolute Gasteiger partial charge is 0.489 e. The van der Waals surface area contributed by atoms with Gasteiger partial charge in [0.2, 0.25) is 0 Å². The highest BCUT2D eigenvalue weighted by Crippen LogP contribution is 2.41. The number of non-ortho nitro benzene ring substituents is 1. The fourth-order valence-electron chi connectivity index (χ4n) is 4.70. The molecule has 3 aromatic carbocycles. The van der Waals surface area contributed by atoms with Crippen LogP contribution in [0.25, 0.3) is 16.7 Å². The number of anilines is 1. The van der Waals surface area contributed by atoms with E-state index in [0.717, 1.165) is 28.0 Å². The van der Waals surface area contributed by atoms with E-state index < -0.39 is 4.92 Å². The van der Waals surface area contributed by atoms with Crippen molar-refractivity contribution in [1.82, 2.24) is 14.5 Å². The predicted molar refractivity (Wildman–Crippen MR) is 140 cm³/mol. The molecular weight excluding hydrogens is 486 g/mol. The summed E-state index contributed by atoms with van der Waals surface area (Å²) in [6.45, 7) is 2.67. The Hall–Kier alpha value is -4.96. The summed E-state index contributed by atoms with van der Waals surface area (Å²) in [5, 5.41) is 11.0. The average molecular weight is 510 g/mol. The molecule has 0 radical (unpaired) electrons. The summed E-state index contributed by atoms with van der Waals surface area (Å²) in [6, 6.07) is 21.3. The van der Waals surface area contributed by atoms with E-state index in [1.165, 1.54) is 18.5 Å². The van der Waals surface area contributed by atoms with Crippen LogP contribution in [-0.2, 0) is 18.0 Å². The van der Waals surface area contributed by atoms with Gasteiger partial charge in [-0.3, -0.25) is 10.1 Å². The van der Waals surface area contributed by atoms with Crippen molar-refractivity contribution < 1.29 is 19.1 Å². The summed E-state index contributed by atoms with van der Waals surface area (Å²) in [7, 11) is 0. The van der Waals surface area contributed by atoms with Crippen LogP contribution in [0.1, 0.15) is 29.8 Å². The fraction of sp³-hybridized carbons (Fsp3) is 0.143. The van der Waals surface area contributed by atoms with Crippen LogP contribution in [-0.4, -0.2) is 19.5 Å². The van der Waals surface area contributed by atoms with Gasteiger partial charge in [-0.1, -0.05) is 18.2 Å². The normalized spacial score (nSPS) is 14.4. The molecule has 10 nitrogen and oxygen atoms in total. The van der Waals surface area contributed by atoms with Gasteiger partial charge in [0.1, 0.15) is 41.2 Å². The van der Waals surface area contributed by atoms with E-state index in [4.69, 9.17) is 19.9 Å². The van der Waals surface area contributed by atoms with Gasteiger partial charge in [0, 0.05) is 29.4 Å². The van der Waals surface area contributed by atoms with Crippen molar-refractivity contribution in [2.24, 2.45) is 0 Å². The van der Waals surface area contributed by atoms with Crippen LogP contribution >= 0.6 is 0 Å². The Labute approximate surface area is 217 Å². The first-order valence-corrected chi connectivity index (χ1v) is 12.0. The van der Waals surface area contributed by atoms with Gasteiger partial charge in [-0.25, -0.2) is 9.97 Å². The van der Waals surface area contributed by atoms with E-state index in [9.17, 15) is 10.1 Å². The number of benzene rings is 3. The van der Waals surface area contributed by atoms with Crippen LogP contribution in [0.5, 0.6) is 17.2 Å². The molecular formula is C28H23N5O5. The Kier molecular flexibility index (Phi) is 5.85. The molecule has 0 saturated carbocycles. The molecule has 0 amide bonds. The summed E-state index contributed by atoms with van der Waals surface area (Å²) in [5.74, 6) is 2.25. The van der Waals surface area contributed by atoms with Gasteiger partial charge in [0.15, 0.2) is 5.82 Å². The lowest BCUT2D eigenvalue weighted by atomic mass is 10.1. The third-order valence-corrected chi connectivity index (χ3v) is 6.45. The minimum absolute atomic E-state index is 0.0294. The highest BCUT2D eigenvalue weighted by Gasteiger charge is 2.30. The zero-order chi connectivity index (χ0) is 26.2. The summed E-state index contributed by atoms with van der Waals surface area (Å²) < 4.78 is 19.8. The zero-order valence-electron chi connectivity index (χ0n) is 20.4. The van der Waals surface area contributed by atoms with Gasteiger partial charge in [-0.05, 0) is 48.9 Å². The molecule has 1 unspecified atom stereocenters. The van der Waals surface area contributed by atoms with E-state index in [0.29, 0.717) is 35.2 Å². The average Bonchev–Trinajstić information content (AvgIpc) is 3.47. The van der Waals surface area contributed by atoms with Gasteiger partial charge in [-0.15, -0.1) is 0 Å². The van der Waals surface area contributed by atoms with Crippen molar-refractivity contribution in [3.63, 3.8) is 0 Å². The van der Waals surface area contributed by atoms with Gasteiger partial charge in [-0.2, -0.15) is 0 Å². The second-order valence-electron chi connectivity index (χ2n) is 8.89. The number of aromatic nitrogens is 3. The third kappa shape index (κ3) is 4.27. The lowest BCUT2D eigenvalue weighted by molar-refractivity contribution is -0.384. The van der Waals surface area contributed by atoms with Gasteiger partial charge in [0.25, 0.3) is 5.69 Å². The Morgan fingerprint density at radius 3 is 2.66 bits per heavy atom. The van der Waals surface area contributed by atoms with Crippen LogP contribution < -0.4 is 15.2 Å². The number of hydrogen-bond acceptors (Lipinski definition) is 8. The van der Waals surface area contributed by atoms with Crippen molar-refractivity contribution in [3.05, 3.63) is 106 Å². The number of nitro groups is 1. The molecule has 1 atom stereocenters. The molecule has 2 aromatic heterocycles. The molecule has 2 N–H and O–H groups in total. The molecule has 1 aliphatic heterocycles. The quantitative estimate of drug-likeness (QED) is 0.213. The van der Waals surface area contributed by atoms with E-state index in [-0.39, 0.29) is 18.4 Å². The van der Waals surface area contributed by atoms with Crippen LogP contribution in [0, 0.1) is 10.1 Å². The SMILES string of the molecule is CC1OCc2c1c1ncnc(N)c1n2-c1ccc(Oc2cccc(OCc3cccc([N+](=O)[O-])c3)c2)cc1. The van der Waals surface area contributed by atoms with E-state index in [1.807, 2.05) is 43.3 Å². The summed E-state index contributed by atoms with van der Waals surface area (Å²) in [5.41, 5.74) is 11.5. The number of hydrogen-bond donors (Lipinski definition) is 1. The van der Waals surface area contributed by atoms with Crippen LogP contribution in [0.3, 0.4) is 0 Å². The molecule has 6 rings (SSSR count). The van der Waals surface area contributed by atoms with E-state index in [2.05, 4.69) is 14.5 Å². The minimum atomic E-state index is -0.424. The number of fused-ring (bicyclic) bond motifs is 3. The summed E-state index contributed by atoms with van der Waals surface area (Å²) in [4.78, 5) is 19.3. The number of nitrogens with zero attached hydrogens (tertiary/aromatic N) is 4. The molecule has 0 fully saturated rings. The molecule has 0 aliphatic carbocycles. The van der Waals surface area contributed by atoms with Crippen molar-refractivity contribution in [2.45, 2.75) is 26.2 Å². The highest BCUT2D eigenvalue weighted by molar-refractivity contribution is 5.91. The molecule has 0 spiro atoms. The molecule has 10 heteroatoms. The minimum Gasteiger partial charge on any atom is -0.489 e. The zero-order valence-corrected chi connectivity index (χ0v) is 20.4. The third-order valence-electron chi connectivity index (χ3n) is 6.45. The second-order valence-corrected chi connectivity index (χ2v) is 8.89. The van der Waals surface area contributed by atoms with Crippen LogP contribution in [0.2, 0.25) is 0 Å². The second kappa shape index (κ2) is 9.49. The first-order valence-electron chi connectivity index (χ1n) is 12.0. The maximum Gasteiger partial charge on any atom is 0.269 e. The Bertz CT molecular complexity index is 1660. The number of nitrogen functional groups attached to an aromatic ring is 1. The van der Waals surface area contributed by atoms with E-state index in [1.54, 1.807) is 24.3 Å². The van der Waals surface area contributed by atoms with Crippen molar-refractivity contribution in [2.75, 3.05) is 5.73 Å². The molecule has 0 saturated heterocycles. The number of nitrogens with two attached hydrogens (primary N) is 1. The predicted octanol–water partition coefficient (Wildman–Crippen LogP) is 5.87. The molecule has 190 valence electrons.